The third-order valence-corrected chi connectivity index (χ3v) is 4.24. The lowest BCUT2D eigenvalue weighted by Gasteiger charge is -2.10. The molecule has 0 bridgehead atoms. The molecule has 7 nitrogen and oxygen atoms in total. The van der Waals surface area contributed by atoms with Crippen molar-refractivity contribution in [3.05, 3.63) is 11.8 Å². The molecule has 1 heterocycles. The van der Waals surface area contributed by atoms with E-state index in [2.05, 4.69) is 27.2 Å². The Morgan fingerprint density at radius 3 is 2.75 bits per heavy atom. The minimum atomic E-state index is -3.51. The van der Waals surface area contributed by atoms with Crippen LogP contribution in [0.25, 0.3) is 0 Å². The van der Waals surface area contributed by atoms with Crippen LogP contribution in [0.4, 0.5) is 0 Å². The molecule has 0 atom stereocenters. The van der Waals surface area contributed by atoms with E-state index in [1.54, 1.807) is 6.20 Å². The number of aromatic nitrogens is 2. The number of H-pyrrole nitrogens is 1. The molecular formula is C12H25N5O2S. The molecule has 1 aromatic rings. The van der Waals surface area contributed by atoms with E-state index >= 15 is 0 Å². The van der Waals surface area contributed by atoms with Crippen molar-refractivity contribution < 1.29 is 8.42 Å². The molecular weight excluding hydrogens is 278 g/mol. The van der Waals surface area contributed by atoms with Gasteiger partial charge in [-0.2, -0.15) is 5.10 Å². The predicted octanol–water partition coefficient (Wildman–Crippen LogP) is 0.139. The summed E-state index contributed by atoms with van der Waals surface area (Å²) < 4.78 is 26.9. The van der Waals surface area contributed by atoms with Crippen LogP contribution in [0.5, 0.6) is 0 Å². The average Bonchev–Trinajstić information content (AvgIpc) is 2.84. The topological polar surface area (TPSA) is 90.1 Å². The van der Waals surface area contributed by atoms with Gasteiger partial charge >= 0.3 is 0 Å². The van der Waals surface area contributed by atoms with Crippen molar-refractivity contribution in [3.63, 3.8) is 0 Å². The Bertz CT molecular complexity index is 484. The minimum absolute atomic E-state index is 0.158. The molecule has 0 aliphatic heterocycles. The molecule has 3 N–H and O–H groups in total. The van der Waals surface area contributed by atoms with E-state index in [9.17, 15) is 8.42 Å². The molecule has 0 saturated carbocycles. The fraction of sp³-hybridized carbons (Fsp3) is 0.750. The van der Waals surface area contributed by atoms with Gasteiger partial charge in [-0.1, -0.05) is 6.92 Å². The Kier molecular flexibility index (Phi) is 7.14. The first kappa shape index (κ1) is 17.1. The van der Waals surface area contributed by atoms with Crippen LogP contribution < -0.4 is 10.0 Å². The number of aromatic amines is 1. The Morgan fingerprint density at radius 1 is 1.35 bits per heavy atom. The smallest absolute Gasteiger partial charge is 0.257 e. The predicted molar refractivity (Wildman–Crippen MR) is 78.9 cm³/mol. The molecule has 0 radical (unpaired) electrons. The summed E-state index contributed by atoms with van der Waals surface area (Å²) in [4.78, 5) is 2.02. The van der Waals surface area contributed by atoms with Gasteiger partial charge in [0.15, 0.2) is 5.03 Å². The van der Waals surface area contributed by atoms with Crippen molar-refractivity contribution in [1.29, 1.82) is 0 Å². The van der Waals surface area contributed by atoms with Gasteiger partial charge in [0.1, 0.15) is 0 Å². The quantitative estimate of drug-likeness (QED) is 0.535. The fourth-order valence-electron chi connectivity index (χ4n) is 1.73. The van der Waals surface area contributed by atoms with Crippen LogP contribution in [-0.2, 0) is 16.6 Å². The van der Waals surface area contributed by atoms with E-state index in [-0.39, 0.29) is 5.03 Å². The van der Waals surface area contributed by atoms with Crippen molar-refractivity contribution in [2.24, 2.45) is 0 Å². The molecule has 20 heavy (non-hydrogen) atoms. The molecule has 0 fully saturated rings. The Labute approximate surface area is 121 Å². The van der Waals surface area contributed by atoms with Crippen LogP contribution in [0, 0.1) is 0 Å². The minimum Gasteiger partial charge on any atom is -0.313 e. The van der Waals surface area contributed by atoms with E-state index in [0.29, 0.717) is 18.7 Å². The summed E-state index contributed by atoms with van der Waals surface area (Å²) in [6.45, 7) is 4.67. The molecule has 0 spiro atoms. The van der Waals surface area contributed by atoms with Gasteiger partial charge in [-0.3, -0.25) is 5.10 Å². The molecule has 0 amide bonds. The van der Waals surface area contributed by atoms with E-state index in [1.165, 1.54) is 0 Å². The van der Waals surface area contributed by atoms with Gasteiger partial charge in [-0.25, -0.2) is 13.1 Å². The highest BCUT2D eigenvalue weighted by Crippen LogP contribution is 2.11. The van der Waals surface area contributed by atoms with Crippen molar-refractivity contribution in [1.82, 2.24) is 25.1 Å². The van der Waals surface area contributed by atoms with Gasteiger partial charge in [0, 0.05) is 18.7 Å². The highest BCUT2D eigenvalue weighted by Gasteiger charge is 2.19. The lowest BCUT2D eigenvalue weighted by molar-refractivity contribution is 0.400. The molecule has 8 heteroatoms. The van der Waals surface area contributed by atoms with Crippen molar-refractivity contribution in [2.45, 2.75) is 31.3 Å². The van der Waals surface area contributed by atoms with Gasteiger partial charge in [0.25, 0.3) is 10.0 Å². The van der Waals surface area contributed by atoms with E-state index in [4.69, 9.17) is 0 Å². The molecule has 0 aliphatic rings. The maximum absolute atomic E-state index is 12.2. The fourth-order valence-corrected chi connectivity index (χ4v) is 2.93. The van der Waals surface area contributed by atoms with Gasteiger partial charge in [-0.15, -0.1) is 0 Å². The van der Waals surface area contributed by atoms with Crippen LogP contribution >= 0.6 is 0 Å². The maximum Gasteiger partial charge on any atom is 0.257 e. The summed E-state index contributed by atoms with van der Waals surface area (Å²) in [5.41, 5.74) is 0.665. The van der Waals surface area contributed by atoms with Crippen molar-refractivity contribution in [3.8, 4) is 0 Å². The lowest BCUT2D eigenvalue weighted by atomic mass is 10.3. The largest absolute Gasteiger partial charge is 0.313 e. The Balaban J connectivity index is 2.56. The zero-order valence-corrected chi connectivity index (χ0v) is 13.3. The molecule has 0 aliphatic carbocycles. The summed E-state index contributed by atoms with van der Waals surface area (Å²) in [6.07, 6.45) is 3.32. The second-order valence-corrected chi connectivity index (χ2v) is 6.66. The van der Waals surface area contributed by atoms with Crippen molar-refractivity contribution >= 4 is 10.0 Å². The molecule has 0 aromatic carbocycles. The average molecular weight is 303 g/mol. The van der Waals surface area contributed by atoms with Gasteiger partial charge in [0.05, 0.1) is 6.20 Å². The van der Waals surface area contributed by atoms with Crippen LogP contribution in [0.2, 0.25) is 0 Å². The first-order valence-corrected chi connectivity index (χ1v) is 8.33. The SMILES string of the molecule is CCCNCc1cn[nH]c1S(=O)(=O)NCCCN(C)C. The lowest BCUT2D eigenvalue weighted by Crippen LogP contribution is -2.28. The third kappa shape index (κ3) is 5.58. The molecule has 1 aromatic heterocycles. The van der Waals surface area contributed by atoms with Crippen LogP contribution in [0.1, 0.15) is 25.3 Å². The summed E-state index contributed by atoms with van der Waals surface area (Å²) in [5.74, 6) is 0. The zero-order valence-electron chi connectivity index (χ0n) is 12.4. The van der Waals surface area contributed by atoms with E-state index < -0.39 is 10.0 Å². The summed E-state index contributed by atoms with van der Waals surface area (Å²) in [6, 6.07) is 0. The Morgan fingerprint density at radius 2 is 2.10 bits per heavy atom. The highest BCUT2D eigenvalue weighted by atomic mass is 32.2. The number of sulfonamides is 1. The van der Waals surface area contributed by atoms with Crippen LogP contribution in [0.15, 0.2) is 11.2 Å². The number of hydrogen-bond donors (Lipinski definition) is 3. The van der Waals surface area contributed by atoms with E-state index in [0.717, 1.165) is 25.9 Å². The van der Waals surface area contributed by atoms with Gasteiger partial charge < -0.3 is 10.2 Å². The number of rotatable bonds is 10. The van der Waals surface area contributed by atoms with Crippen LogP contribution in [0.3, 0.4) is 0 Å². The molecule has 0 unspecified atom stereocenters. The highest BCUT2D eigenvalue weighted by molar-refractivity contribution is 7.89. The monoisotopic (exact) mass is 303 g/mol. The molecule has 116 valence electrons. The first-order chi connectivity index (χ1) is 9.47. The van der Waals surface area contributed by atoms with E-state index in [1.807, 2.05) is 19.0 Å². The summed E-state index contributed by atoms with van der Waals surface area (Å²) >= 11 is 0. The zero-order chi connectivity index (χ0) is 15.0. The standard InChI is InChI=1S/C12H25N5O2S/c1-4-6-13-9-11-10-14-16-12(11)20(18,19)15-7-5-8-17(2)3/h10,13,15H,4-9H2,1-3H3,(H,14,16). The number of nitrogens with zero attached hydrogens (tertiary/aromatic N) is 2. The second kappa shape index (κ2) is 8.35. The van der Waals surface area contributed by atoms with Crippen molar-refractivity contribution in [2.75, 3.05) is 33.7 Å². The Hall–Kier alpha value is -0.960. The maximum atomic E-state index is 12.2. The summed E-state index contributed by atoms with van der Waals surface area (Å²) in [7, 11) is 0.409. The molecule has 1 rings (SSSR count). The third-order valence-electron chi connectivity index (χ3n) is 2.76. The van der Waals surface area contributed by atoms with Gasteiger partial charge in [0.2, 0.25) is 0 Å². The molecule has 0 saturated heterocycles. The van der Waals surface area contributed by atoms with Crippen LogP contribution in [-0.4, -0.2) is 57.2 Å². The number of hydrogen-bond acceptors (Lipinski definition) is 5. The van der Waals surface area contributed by atoms with Gasteiger partial charge in [-0.05, 0) is 40.0 Å². The first-order valence-electron chi connectivity index (χ1n) is 6.84. The second-order valence-electron chi connectivity index (χ2n) is 4.96. The normalized spacial score (nSPS) is 12.2. The number of nitrogens with one attached hydrogen (secondary N) is 3. The summed E-state index contributed by atoms with van der Waals surface area (Å²) in [5, 5.41) is 9.73.